The Morgan fingerprint density at radius 1 is 0.800 bits per heavy atom. The summed E-state index contributed by atoms with van der Waals surface area (Å²) in [5.41, 5.74) is 1.53. The summed E-state index contributed by atoms with van der Waals surface area (Å²) >= 11 is 0. The van der Waals surface area contributed by atoms with E-state index in [1.54, 1.807) is 0 Å². The molecule has 0 N–H and O–H groups in total. The van der Waals surface area contributed by atoms with Gasteiger partial charge in [0.1, 0.15) is 0 Å². The molecule has 0 aromatic heterocycles. The van der Waals surface area contributed by atoms with E-state index in [0.29, 0.717) is 0 Å². The molecule has 0 aromatic carbocycles. The zero-order chi connectivity index (χ0) is 15.2. The smallest absolute Gasteiger partial charge is 0.0199 e. The van der Waals surface area contributed by atoms with Gasteiger partial charge in [-0.1, -0.05) is 90.7 Å². The van der Waals surface area contributed by atoms with Crippen LogP contribution in [0.1, 0.15) is 98.8 Å². The Hall–Kier alpha value is -0.260. The minimum absolute atomic E-state index is 0.880. The molecular weight excluding hydrogens is 240 g/mol. The third kappa shape index (κ3) is 14.2. The molecule has 0 spiro atoms. The van der Waals surface area contributed by atoms with Crippen molar-refractivity contribution in [3.05, 3.63) is 18.1 Å². The van der Waals surface area contributed by atoms with Crippen molar-refractivity contribution >= 4 is 0 Å². The molecule has 0 heteroatoms. The molecule has 0 heterocycles. The molecule has 0 aliphatic rings. The fourth-order valence-electron chi connectivity index (χ4n) is 2.81. The molecule has 20 heavy (non-hydrogen) atoms. The second kappa shape index (κ2) is 13.7. The molecule has 0 saturated heterocycles. The van der Waals surface area contributed by atoms with Gasteiger partial charge in [0.2, 0.25) is 0 Å². The van der Waals surface area contributed by atoms with Gasteiger partial charge in [-0.15, -0.1) is 0 Å². The van der Waals surface area contributed by atoms with Crippen LogP contribution in [0.5, 0.6) is 0 Å². The minimum atomic E-state index is 0.880. The minimum Gasteiger partial charge on any atom is -0.0822 e. The average Bonchev–Trinajstić information content (AvgIpc) is 2.37. The van der Waals surface area contributed by atoms with Gasteiger partial charge in [0.25, 0.3) is 0 Å². The van der Waals surface area contributed by atoms with E-state index in [-0.39, 0.29) is 0 Å². The first-order valence-electron chi connectivity index (χ1n) is 9.01. The topological polar surface area (TPSA) is 0 Å². The maximum Gasteiger partial charge on any atom is -0.0199 e. The maximum atomic E-state index is 2.44. The maximum absolute atomic E-state index is 2.44. The van der Waals surface area contributed by atoms with Crippen LogP contribution in [0, 0.1) is 18.3 Å². The fraction of sp³-hybridized carbons (Fsp3) is 0.850. The quantitative estimate of drug-likeness (QED) is 0.309. The van der Waals surface area contributed by atoms with E-state index in [4.69, 9.17) is 0 Å². The molecule has 119 valence electrons. The van der Waals surface area contributed by atoms with E-state index in [1.165, 1.54) is 69.8 Å². The normalized spacial score (nSPS) is 14.0. The highest BCUT2D eigenvalue weighted by molar-refractivity contribution is 5.03. The molecule has 0 saturated carbocycles. The standard InChI is InChI=1S/C20H39/c1-6-13-19(4)15-10-8-7-9-11-16-20(5)17-12-14-18(2)3/h6,13,18,20H,7-12,14-17H2,1-5H3. The van der Waals surface area contributed by atoms with Crippen LogP contribution < -0.4 is 0 Å². The highest BCUT2D eigenvalue weighted by Crippen LogP contribution is 2.19. The first-order chi connectivity index (χ1) is 9.56. The summed E-state index contributed by atoms with van der Waals surface area (Å²) in [7, 11) is 0. The van der Waals surface area contributed by atoms with E-state index in [9.17, 15) is 0 Å². The number of allylic oxidation sites excluding steroid dienone is 2. The van der Waals surface area contributed by atoms with Crippen LogP contribution in [-0.4, -0.2) is 0 Å². The van der Waals surface area contributed by atoms with Crippen LogP contribution in [0.15, 0.2) is 11.6 Å². The molecule has 1 radical (unpaired) electrons. The predicted molar refractivity (Wildman–Crippen MR) is 93.9 cm³/mol. The van der Waals surface area contributed by atoms with Crippen molar-refractivity contribution < 1.29 is 0 Å². The van der Waals surface area contributed by atoms with Crippen molar-refractivity contribution in [1.29, 1.82) is 0 Å². The summed E-state index contributed by atoms with van der Waals surface area (Å²) in [6, 6.07) is 0. The molecular formula is C20H39. The molecule has 1 unspecified atom stereocenters. The summed E-state index contributed by atoms with van der Waals surface area (Å²) in [5, 5.41) is 0. The molecule has 1 atom stereocenters. The largest absolute Gasteiger partial charge is 0.0822 e. The van der Waals surface area contributed by atoms with Crippen molar-refractivity contribution in [2.45, 2.75) is 98.8 Å². The van der Waals surface area contributed by atoms with Crippen LogP contribution in [0.3, 0.4) is 0 Å². The van der Waals surface area contributed by atoms with Gasteiger partial charge in [-0.25, -0.2) is 0 Å². The van der Waals surface area contributed by atoms with Gasteiger partial charge in [-0.3, -0.25) is 0 Å². The Kier molecular flexibility index (Phi) is 13.5. The fourth-order valence-corrected chi connectivity index (χ4v) is 2.81. The molecule has 0 rings (SSSR count). The molecule has 0 bridgehead atoms. The van der Waals surface area contributed by atoms with E-state index in [2.05, 4.69) is 47.1 Å². The molecule has 0 aliphatic heterocycles. The van der Waals surface area contributed by atoms with Gasteiger partial charge in [0.05, 0.1) is 0 Å². The Labute approximate surface area is 129 Å². The van der Waals surface area contributed by atoms with Crippen molar-refractivity contribution in [2.75, 3.05) is 0 Å². The molecule has 0 nitrogen and oxygen atoms in total. The third-order valence-corrected chi connectivity index (χ3v) is 4.20. The molecule has 0 amide bonds. The van der Waals surface area contributed by atoms with Gasteiger partial charge in [0.15, 0.2) is 0 Å². The van der Waals surface area contributed by atoms with Crippen molar-refractivity contribution in [3.63, 3.8) is 0 Å². The number of hydrogen-bond donors (Lipinski definition) is 0. The highest BCUT2D eigenvalue weighted by atomic mass is 14.1. The van der Waals surface area contributed by atoms with E-state index in [1.807, 2.05) is 0 Å². The number of rotatable bonds is 13. The summed E-state index contributed by atoms with van der Waals surface area (Å²) in [5.74, 6) is 1.82. The lowest BCUT2D eigenvalue weighted by Gasteiger charge is -2.12. The first-order valence-corrected chi connectivity index (χ1v) is 9.01. The van der Waals surface area contributed by atoms with Crippen LogP contribution in [0.2, 0.25) is 0 Å². The summed E-state index contributed by atoms with van der Waals surface area (Å²) in [4.78, 5) is 0. The second-order valence-corrected chi connectivity index (χ2v) is 7.08. The summed E-state index contributed by atoms with van der Waals surface area (Å²) in [6.45, 7) is 11.5. The van der Waals surface area contributed by atoms with E-state index < -0.39 is 0 Å². The molecule has 0 aliphatic carbocycles. The highest BCUT2D eigenvalue weighted by Gasteiger charge is 2.03. The lowest BCUT2D eigenvalue weighted by Crippen LogP contribution is -1.96. The van der Waals surface area contributed by atoms with Crippen LogP contribution >= 0.6 is 0 Å². The average molecular weight is 280 g/mol. The van der Waals surface area contributed by atoms with Gasteiger partial charge in [0, 0.05) is 0 Å². The third-order valence-electron chi connectivity index (χ3n) is 4.20. The number of unbranched alkanes of at least 4 members (excludes halogenated alkanes) is 4. The van der Waals surface area contributed by atoms with Crippen molar-refractivity contribution in [3.8, 4) is 0 Å². The summed E-state index contributed by atoms with van der Waals surface area (Å²) in [6.07, 6.45) is 18.5. The Bertz CT molecular complexity index is 224. The zero-order valence-corrected chi connectivity index (χ0v) is 14.9. The Morgan fingerprint density at radius 2 is 1.40 bits per heavy atom. The first kappa shape index (κ1) is 19.7. The van der Waals surface area contributed by atoms with Gasteiger partial charge >= 0.3 is 0 Å². The predicted octanol–water partition coefficient (Wildman–Crippen LogP) is 7.35. The van der Waals surface area contributed by atoms with Gasteiger partial charge in [-0.05, 0) is 38.0 Å². The van der Waals surface area contributed by atoms with Gasteiger partial charge < -0.3 is 0 Å². The number of hydrogen-bond acceptors (Lipinski definition) is 0. The van der Waals surface area contributed by atoms with Gasteiger partial charge in [-0.2, -0.15) is 0 Å². The zero-order valence-electron chi connectivity index (χ0n) is 14.9. The Morgan fingerprint density at radius 3 is 2.05 bits per heavy atom. The van der Waals surface area contributed by atoms with Crippen molar-refractivity contribution in [2.24, 2.45) is 11.8 Å². The van der Waals surface area contributed by atoms with Crippen LogP contribution in [0.25, 0.3) is 0 Å². The molecule has 0 fully saturated rings. The Balaban J connectivity index is 3.29. The van der Waals surface area contributed by atoms with E-state index in [0.717, 1.165) is 11.8 Å². The lowest BCUT2D eigenvalue weighted by atomic mass is 9.95. The van der Waals surface area contributed by atoms with E-state index >= 15 is 0 Å². The van der Waals surface area contributed by atoms with Crippen LogP contribution in [-0.2, 0) is 0 Å². The lowest BCUT2D eigenvalue weighted by molar-refractivity contribution is 0.418. The van der Waals surface area contributed by atoms with Crippen LogP contribution in [0.4, 0.5) is 0 Å². The monoisotopic (exact) mass is 279 g/mol. The van der Waals surface area contributed by atoms with Crippen molar-refractivity contribution in [1.82, 2.24) is 0 Å². The summed E-state index contributed by atoms with van der Waals surface area (Å²) < 4.78 is 0. The molecule has 0 aromatic rings. The SMILES string of the molecule is C[CH]C=C(C)CCCCCCCC(C)CCCC(C)C. The second-order valence-electron chi connectivity index (χ2n) is 7.08.